The number of phenols is 1. The number of aromatic nitrogens is 1. The average molecular weight is 327 g/mol. The van der Waals surface area contributed by atoms with Crippen LogP contribution in [-0.2, 0) is 0 Å². The summed E-state index contributed by atoms with van der Waals surface area (Å²) in [5.41, 5.74) is 2.29. The van der Waals surface area contributed by atoms with Gasteiger partial charge in [0.25, 0.3) is 0 Å². The molecule has 3 nitrogen and oxygen atoms in total. The van der Waals surface area contributed by atoms with E-state index < -0.39 is 0 Å². The Balaban J connectivity index is 2.05. The van der Waals surface area contributed by atoms with Gasteiger partial charge in [-0.1, -0.05) is 34.1 Å². The molecule has 0 atom stereocenters. The van der Waals surface area contributed by atoms with E-state index in [9.17, 15) is 5.11 Å². The molecule has 0 saturated heterocycles. The highest BCUT2D eigenvalue weighted by Gasteiger charge is 2.01. The summed E-state index contributed by atoms with van der Waals surface area (Å²) in [7, 11) is 0. The van der Waals surface area contributed by atoms with Crippen molar-refractivity contribution < 1.29 is 5.11 Å². The van der Waals surface area contributed by atoms with E-state index in [1.54, 1.807) is 24.5 Å². The number of hydrogen-bond donors (Lipinski definition) is 1. The number of hydrogen-bond acceptors (Lipinski definition) is 3. The Morgan fingerprint density at radius 1 is 1.10 bits per heavy atom. The van der Waals surface area contributed by atoms with Crippen molar-refractivity contribution in [1.29, 1.82) is 0 Å². The van der Waals surface area contributed by atoms with Crippen molar-refractivity contribution >= 4 is 38.7 Å². The second-order valence-electron chi connectivity index (χ2n) is 4.31. The topological polar surface area (TPSA) is 45.5 Å². The first-order valence-corrected chi connectivity index (χ1v) is 6.90. The van der Waals surface area contributed by atoms with Crippen LogP contribution in [0.1, 0.15) is 5.56 Å². The summed E-state index contributed by atoms with van der Waals surface area (Å²) >= 11 is 3.38. The summed E-state index contributed by atoms with van der Waals surface area (Å²) < 4.78 is 0.896. The molecule has 0 unspecified atom stereocenters. The largest absolute Gasteiger partial charge is 0.507 e. The van der Waals surface area contributed by atoms with Gasteiger partial charge in [-0.2, -0.15) is 0 Å². The van der Waals surface area contributed by atoms with Crippen LogP contribution in [0.15, 0.2) is 64.2 Å². The molecule has 0 saturated carbocycles. The summed E-state index contributed by atoms with van der Waals surface area (Å²) in [5.74, 6) is 0.199. The lowest BCUT2D eigenvalue weighted by Gasteiger charge is -2.01. The molecular formula is C16H11BrN2O. The lowest BCUT2D eigenvalue weighted by Crippen LogP contribution is -1.83. The van der Waals surface area contributed by atoms with Crippen molar-refractivity contribution in [1.82, 2.24) is 4.98 Å². The van der Waals surface area contributed by atoms with Crippen LogP contribution in [0.2, 0.25) is 0 Å². The predicted octanol–water partition coefficient (Wildman–Crippen LogP) is 4.45. The van der Waals surface area contributed by atoms with Crippen molar-refractivity contribution in [3.63, 3.8) is 0 Å². The number of rotatable bonds is 2. The van der Waals surface area contributed by atoms with E-state index in [2.05, 4.69) is 25.9 Å². The second-order valence-corrected chi connectivity index (χ2v) is 5.23. The van der Waals surface area contributed by atoms with E-state index in [1.165, 1.54) is 0 Å². The molecule has 4 heteroatoms. The fourth-order valence-electron chi connectivity index (χ4n) is 1.96. The highest BCUT2D eigenvalue weighted by Crippen LogP contribution is 2.25. The Morgan fingerprint density at radius 3 is 2.85 bits per heavy atom. The van der Waals surface area contributed by atoms with E-state index in [0.29, 0.717) is 5.56 Å². The number of phenolic OH excluding ortho intramolecular Hbond substituents is 1. The quantitative estimate of drug-likeness (QED) is 0.707. The molecule has 2 aromatic carbocycles. The van der Waals surface area contributed by atoms with E-state index in [4.69, 9.17) is 0 Å². The van der Waals surface area contributed by atoms with Crippen molar-refractivity contribution in [2.45, 2.75) is 0 Å². The van der Waals surface area contributed by atoms with E-state index in [0.717, 1.165) is 21.1 Å². The molecule has 1 heterocycles. The van der Waals surface area contributed by atoms with Crippen LogP contribution in [0.25, 0.3) is 10.9 Å². The van der Waals surface area contributed by atoms with Gasteiger partial charge in [0.15, 0.2) is 0 Å². The second kappa shape index (κ2) is 5.43. The Hall–Kier alpha value is -2.20. The number of benzene rings is 2. The zero-order valence-electron chi connectivity index (χ0n) is 10.5. The SMILES string of the molecule is Oc1ccc(Br)cc1C=Nc1cccc2cccnc12. The van der Waals surface area contributed by atoms with E-state index >= 15 is 0 Å². The third-order valence-electron chi connectivity index (χ3n) is 2.94. The Bertz CT molecular complexity index is 794. The zero-order valence-corrected chi connectivity index (χ0v) is 12.1. The monoisotopic (exact) mass is 326 g/mol. The first-order chi connectivity index (χ1) is 9.74. The Labute approximate surface area is 124 Å². The predicted molar refractivity (Wildman–Crippen MR) is 84.8 cm³/mol. The van der Waals surface area contributed by atoms with Gasteiger partial charge in [0.2, 0.25) is 0 Å². The van der Waals surface area contributed by atoms with Gasteiger partial charge in [-0.3, -0.25) is 9.98 Å². The van der Waals surface area contributed by atoms with Gasteiger partial charge in [-0.05, 0) is 30.3 Å². The van der Waals surface area contributed by atoms with Gasteiger partial charge in [-0.15, -0.1) is 0 Å². The number of halogens is 1. The fourth-order valence-corrected chi connectivity index (χ4v) is 2.34. The number of aromatic hydroxyl groups is 1. The van der Waals surface area contributed by atoms with Gasteiger partial charge >= 0.3 is 0 Å². The maximum Gasteiger partial charge on any atom is 0.124 e. The number of para-hydroxylation sites is 1. The summed E-state index contributed by atoms with van der Waals surface area (Å²) in [6, 6.07) is 15.0. The Kier molecular flexibility index (Phi) is 3.48. The van der Waals surface area contributed by atoms with Crippen LogP contribution in [0.5, 0.6) is 5.75 Å². The standard InChI is InChI=1S/C16H11BrN2O/c17-13-6-7-15(20)12(9-13)10-19-14-5-1-3-11-4-2-8-18-16(11)14/h1-10,20H. The summed E-state index contributed by atoms with van der Waals surface area (Å²) in [6.45, 7) is 0. The number of nitrogens with zero attached hydrogens (tertiary/aromatic N) is 2. The molecular weight excluding hydrogens is 316 g/mol. The van der Waals surface area contributed by atoms with Gasteiger partial charge < -0.3 is 5.11 Å². The molecule has 0 bridgehead atoms. The van der Waals surface area contributed by atoms with E-state index in [1.807, 2.05) is 36.4 Å². The molecule has 0 spiro atoms. The number of pyridine rings is 1. The van der Waals surface area contributed by atoms with Crippen molar-refractivity contribution in [3.05, 3.63) is 64.8 Å². The molecule has 20 heavy (non-hydrogen) atoms. The molecule has 1 aromatic heterocycles. The summed E-state index contributed by atoms with van der Waals surface area (Å²) in [4.78, 5) is 8.79. The van der Waals surface area contributed by atoms with Crippen LogP contribution in [0.3, 0.4) is 0 Å². The smallest absolute Gasteiger partial charge is 0.124 e. The molecule has 3 rings (SSSR count). The fraction of sp³-hybridized carbons (Fsp3) is 0. The van der Waals surface area contributed by atoms with Crippen LogP contribution < -0.4 is 0 Å². The minimum atomic E-state index is 0.199. The van der Waals surface area contributed by atoms with Gasteiger partial charge in [0.1, 0.15) is 5.75 Å². The summed E-state index contributed by atoms with van der Waals surface area (Å²) in [5, 5.41) is 10.8. The van der Waals surface area contributed by atoms with Gasteiger partial charge in [-0.25, -0.2) is 0 Å². The van der Waals surface area contributed by atoms with Crippen molar-refractivity contribution in [2.75, 3.05) is 0 Å². The maximum atomic E-state index is 9.80. The van der Waals surface area contributed by atoms with E-state index in [-0.39, 0.29) is 5.75 Å². The molecule has 0 fully saturated rings. The van der Waals surface area contributed by atoms with Gasteiger partial charge in [0.05, 0.1) is 11.2 Å². The first-order valence-electron chi connectivity index (χ1n) is 6.10. The highest BCUT2D eigenvalue weighted by atomic mass is 79.9. The molecule has 0 aliphatic carbocycles. The normalized spacial score (nSPS) is 11.2. The zero-order chi connectivity index (χ0) is 13.9. The molecule has 1 N–H and O–H groups in total. The molecule has 0 amide bonds. The van der Waals surface area contributed by atoms with Crippen LogP contribution in [-0.4, -0.2) is 16.3 Å². The summed E-state index contributed by atoms with van der Waals surface area (Å²) in [6.07, 6.45) is 3.39. The van der Waals surface area contributed by atoms with Crippen LogP contribution >= 0.6 is 15.9 Å². The molecule has 0 aliphatic heterocycles. The maximum absolute atomic E-state index is 9.80. The molecule has 0 radical (unpaired) electrons. The minimum Gasteiger partial charge on any atom is -0.507 e. The third kappa shape index (κ3) is 2.56. The third-order valence-corrected chi connectivity index (χ3v) is 3.44. The number of aliphatic imine (C=N–C) groups is 1. The van der Waals surface area contributed by atoms with Gasteiger partial charge in [0, 0.05) is 27.8 Å². The van der Waals surface area contributed by atoms with Crippen molar-refractivity contribution in [3.8, 4) is 5.75 Å². The molecule has 3 aromatic rings. The van der Waals surface area contributed by atoms with Crippen molar-refractivity contribution in [2.24, 2.45) is 4.99 Å². The molecule has 98 valence electrons. The lowest BCUT2D eigenvalue weighted by molar-refractivity contribution is 0.474. The first kappa shape index (κ1) is 12.8. The Morgan fingerprint density at radius 2 is 1.95 bits per heavy atom. The lowest BCUT2D eigenvalue weighted by atomic mass is 10.2. The van der Waals surface area contributed by atoms with Crippen LogP contribution in [0.4, 0.5) is 5.69 Å². The van der Waals surface area contributed by atoms with Crippen LogP contribution in [0, 0.1) is 0 Å². The average Bonchev–Trinajstić information content (AvgIpc) is 2.48. The minimum absolute atomic E-state index is 0.199. The number of fused-ring (bicyclic) bond motifs is 1. The highest BCUT2D eigenvalue weighted by molar-refractivity contribution is 9.10. The molecule has 0 aliphatic rings.